The van der Waals surface area contributed by atoms with Crippen molar-refractivity contribution in [2.75, 3.05) is 18.5 Å². The fourth-order valence-corrected chi connectivity index (χ4v) is 3.41. The lowest BCUT2D eigenvalue weighted by Gasteiger charge is -2.08. The number of esters is 2. The zero-order valence-corrected chi connectivity index (χ0v) is 21.6. The molecule has 0 saturated heterocycles. The van der Waals surface area contributed by atoms with Gasteiger partial charge in [0.2, 0.25) is 5.91 Å². The Morgan fingerprint density at radius 2 is 1.25 bits per heavy atom. The molecule has 0 heterocycles. The predicted octanol–water partition coefficient (Wildman–Crippen LogP) is 4.48. The zero-order valence-electron chi connectivity index (χ0n) is 21.6. The molecule has 3 aromatic carbocycles. The van der Waals surface area contributed by atoms with E-state index < -0.39 is 35.9 Å². The Hall–Kier alpha value is -5.19. The smallest absolute Gasteiger partial charge is 0.338 e. The van der Waals surface area contributed by atoms with Gasteiger partial charge in [-0.3, -0.25) is 29.3 Å². The molecule has 0 aliphatic heterocycles. The van der Waals surface area contributed by atoms with Crippen LogP contribution in [0, 0.1) is 17.0 Å². The second-order valence-corrected chi connectivity index (χ2v) is 8.73. The van der Waals surface area contributed by atoms with Crippen LogP contribution in [-0.2, 0) is 19.1 Å². The Morgan fingerprint density at radius 1 is 0.725 bits per heavy atom. The minimum Gasteiger partial charge on any atom is -0.457 e. The molecule has 0 unspecified atom stereocenters. The highest BCUT2D eigenvalue weighted by atomic mass is 16.6. The van der Waals surface area contributed by atoms with Crippen LogP contribution in [0.1, 0.15) is 55.9 Å². The van der Waals surface area contributed by atoms with E-state index in [1.807, 2.05) is 6.92 Å². The van der Waals surface area contributed by atoms with Crippen LogP contribution in [0.4, 0.5) is 11.4 Å². The molecule has 3 aromatic rings. The first-order valence-corrected chi connectivity index (χ1v) is 12.2. The number of hydrogen-bond acceptors (Lipinski definition) is 9. The fourth-order valence-electron chi connectivity index (χ4n) is 3.41. The molecule has 11 heteroatoms. The van der Waals surface area contributed by atoms with Crippen molar-refractivity contribution in [3.8, 4) is 0 Å². The summed E-state index contributed by atoms with van der Waals surface area (Å²) in [5, 5.41) is 13.3. The molecule has 1 amide bonds. The average Bonchev–Trinajstić information content (AvgIpc) is 2.95. The molecule has 1 N–H and O–H groups in total. The number of ketones is 2. The van der Waals surface area contributed by atoms with Crippen LogP contribution in [0.15, 0.2) is 72.8 Å². The van der Waals surface area contributed by atoms with Crippen molar-refractivity contribution in [1.82, 2.24) is 0 Å². The topological polar surface area (TPSA) is 159 Å². The standard InChI is InChI=1S/C29H26N2O9/c1-19-5-7-20(8-6-19)26(33)18-40-29(36)22-9-13-23(14-10-22)30-27(34)3-2-4-28(35)39-17-25(32)21-11-15-24(16-12-21)31(37)38/h5-16H,2-4,17-18H2,1H3,(H,30,34). The van der Waals surface area contributed by atoms with Gasteiger partial charge in [-0.15, -0.1) is 0 Å². The Kier molecular flexibility index (Phi) is 10.4. The maximum absolute atomic E-state index is 12.2. The summed E-state index contributed by atoms with van der Waals surface area (Å²) < 4.78 is 10.00. The number of nitrogens with zero attached hydrogens (tertiary/aromatic N) is 1. The molecule has 0 atom stereocenters. The Balaban J connectivity index is 1.34. The van der Waals surface area contributed by atoms with Crippen molar-refractivity contribution in [3.05, 3.63) is 105 Å². The summed E-state index contributed by atoms with van der Waals surface area (Å²) in [6.07, 6.45) is 0.0964. The van der Waals surface area contributed by atoms with Crippen molar-refractivity contribution >= 4 is 40.8 Å². The van der Waals surface area contributed by atoms with E-state index in [4.69, 9.17) is 9.47 Å². The summed E-state index contributed by atoms with van der Waals surface area (Å²) in [5.41, 5.74) is 2.10. The third-order valence-electron chi connectivity index (χ3n) is 5.66. The number of nitrogens with one attached hydrogen (secondary N) is 1. The molecular weight excluding hydrogens is 520 g/mol. The predicted molar refractivity (Wildman–Crippen MR) is 143 cm³/mol. The van der Waals surface area contributed by atoms with Gasteiger partial charge >= 0.3 is 11.9 Å². The SMILES string of the molecule is Cc1ccc(C(=O)COC(=O)c2ccc(NC(=O)CCCC(=O)OCC(=O)c3ccc([N+](=O)[O-])cc3)cc2)cc1. The lowest BCUT2D eigenvalue weighted by atomic mass is 10.1. The van der Waals surface area contributed by atoms with Crippen molar-refractivity contribution in [2.45, 2.75) is 26.2 Å². The molecule has 0 radical (unpaired) electrons. The number of carbonyl (C=O) groups excluding carboxylic acids is 5. The molecule has 0 aliphatic carbocycles. The van der Waals surface area contributed by atoms with E-state index in [1.54, 1.807) is 24.3 Å². The summed E-state index contributed by atoms with van der Waals surface area (Å²) in [5.74, 6) is -2.53. The van der Waals surface area contributed by atoms with Gasteiger partial charge in [-0.05, 0) is 49.7 Å². The van der Waals surface area contributed by atoms with E-state index >= 15 is 0 Å². The summed E-state index contributed by atoms with van der Waals surface area (Å²) >= 11 is 0. The number of nitro groups is 1. The summed E-state index contributed by atoms with van der Waals surface area (Å²) in [4.78, 5) is 70.6. The van der Waals surface area contributed by atoms with Gasteiger partial charge < -0.3 is 14.8 Å². The van der Waals surface area contributed by atoms with Gasteiger partial charge in [-0.25, -0.2) is 4.79 Å². The van der Waals surface area contributed by atoms with Crippen LogP contribution in [0.25, 0.3) is 0 Å². The van der Waals surface area contributed by atoms with Crippen LogP contribution >= 0.6 is 0 Å². The summed E-state index contributed by atoms with van der Waals surface area (Å²) in [6.45, 7) is 0.989. The molecule has 11 nitrogen and oxygen atoms in total. The van der Waals surface area contributed by atoms with E-state index in [0.29, 0.717) is 11.3 Å². The zero-order chi connectivity index (χ0) is 29.1. The van der Waals surface area contributed by atoms with E-state index in [9.17, 15) is 34.1 Å². The van der Waals surface area contributed by atoms with E-state index in [-0.39, 0.29) is 47.8 Å². The Labute approximate surface area is 229 Å². The van der Waals surface area contributed by atoms with Gasteiger partial charge in [0, 0.05) is 41.8 Å². The number of ether oxygens (including phenoxy) is 2. The number of anilines is 1. The van der Waals surface area contributed by atoms with Gasteiger partial charge in [0.05, 0.1) is 10.5 Å². The highest BCUT2D eigenvalue weighted by Gasteiger charge is 2.14. The van der Waals surface area contributed by atoms with Crippen molar-refractivity contribution in [3.63, 3.8) is 0 Å². The molecule has 206 valence electrons. The highest BCUT2D eigenvalue weighted by molar-refractivity contribution is 6.00. The van der Waals surface area contributed by atoms with E-state index in [1.165, 1.54) is 48.5 Å². The molecule has 0 spiro atoms. The fraction of sp³-hybridized carbons (Fsp3) is 0.207. The van der Waals surface area contributed by atoms with Crippen LogP contribution in [-0.4, -0.2) is 47.5 Å². The second kappa shape index (κ2) is 14.1. The third kappa shape index (κ3) is 8.98. The van der Waals surface area contributed by atoms with Gasteiger partial charge in [0.15, 0.2) is 24.8 Å². The number of rotatable bonds is 13. The lowest BCUT2D eigenvalue weighted by Crippen LogP contribution is -2.16. The molecule has 0 saturated carbocycles. The minimum absolute atomic E-state index is 0.0102. The van der Waals surface area contributed by atoms with Gasteiger partial charge in [0.1, 0.15) is 0 Å². The first-order valence-electron chi connectivity index (χ1n) is 12.2. The van der Waals surface area contributed by atoms with Crippen LogP contribution in [0.5, 0.6) is 0 Å². The van der Waals surface area contributed by atoms with Crippen molar-refractivity contribution in [1.29, 1.82) is 0 Å². The molecule has 40 heavy (non-hydrogen) atoms. The Morgan fingerprint density at radius 3 is 1.82 bits per heavy atom. The third-order valence-corrected chi connectivity index (χ3v) is 5.66. The van der Waals surface area contributed by atoms with Crippen LogP contribution in [0.3, 0.4) is 0 Å². The number of Topliss-reactive ketones (excluding diaryl/α,β-unsaturated/α-hetero) is 2. The molecule has 0 bridgehead atoms. The summed E-state index contributed by atoms with van der Waals surface area (Å²) in [7, 11) is 0. The van der Waals surface area contributed by atoms with Gasteiger partial charge in [-0.2, -0.15) is 0 Å². The van der Waals surface area contributed by atoms with Crippen LogP contribution < -0.4 is 5.32 Å². The van der Waals surface area contributed by atoms with E-state index in [0.717, 1.165) is 5.56 Å². The maximum Gasteiger partial charge on any atom is 0.338 e. The van der Waals surface area contributed by atoms with Crippen molar-refractivity contribution in [2.24, 2.45) is 0 Å². The number of nitro benzene ring substituents is 1. The lowest BCUT2D eigenvalue weighted by molar-refractivity contribution is -0.384. The van der Waals surface area contributed by atoms with Crippen molar-refractivity contribution < 1.29 is 38.4 Å². The monoisotopic (exact) mass is 546 g/mol. The quantitative estimate of drug-likeness (QED) is 0.141. The first-order chi connectivity index (χ1) is 19.1. The number of amides is 1. The van der Waals surface area contributed by atoms with Gasteiger partial charge in [0.25, 0.3) is 5.69 Å². The van der Waals surface area contributed by atoms with E-state index in [2.05, 4.69) is 5.32 Å². The summed E-state index contributed by atoms with van der Waals surface area (Å²) in [6, 6.07) is 17.8. The molecule has 3 rings (SSSR count). The molecule has 0 fully saturated rings. The second-order valence-electron chi connectivity index (χ2n) is 8.73. The maximum atomic E-state index is 12.2. The van der Waals surface area contributed by atoms with Gasteiger partial charge in [-0.1, -0.05) is 29.8 Å². The minimum atomic E-state index is -0.677. The molecule has 0 aliphatic rings. The number of benzene rings is 3. The normalized spacial score (nSPS) is 10.3. The number of hydrogen-bond donors (Lipinski definition) is 1. The first kappa shape index (κ1) is 29.4. The number of non-ortho nitro benzene ring substituents is 1. The Bertz CT molecular complexity index is 1400. The highest BCUT2D eigenvalue weighted by Crippen LogP contribution is 2.14. The average molecular weight is 547 g/mol. The number of aryl methyl sites for hydroxylation is 1. The number of carbonyl (C=O) groups is 5. The largest absolute Gasteiger partial charge is 0.457 e. The molecular formula is C29H26N2O9. The molecule has 0 aromatic heterocycles. The van der Waals surface area contributed by atoms with Crippen LogP contribution in [0.2, 0.25) is 0 Å².